The van der Waals surface area contributed by atoms with Crippen molar-refractivity contribution >= 4 is 68.6 Å². The maximum absolute atomic E-state index is 2.78. The summed E-state index contributed by atoms with van der Waals surface area (Å²) in [4.78, 5) is 8.13. The lowest BCUT2D eigenvalue weighted by Gasteiger charge is -2.52. The molecular formula is C73H62BN3. The summed E-state index contributed by atoms with van der Waals surface area (Å²) < 4.78 is 0. The van der Waals surface area contributed by atoms with Gasteiger partial charge >= 0.3 is 0 Å². The van der Waals surface area contributed by atoms with Crippen LogP contribution in [0.3, 0.4) is 0 Å². The largest absolute Gasteiger partial charge is 0.330 e. The molecule has 372 valence electrons. The molecule has 0 saturated heterocycles. The Morgan fingerprint density at radius 1 is 0.403 bits per heavy atom. The average molecular weight is 992 g/mol. The Bertz CT molecular complexity index is 4010. The minimum absolute atomic E-state index is 0.0317. The lowest BCUT2D eigenvalue weighted by Crippen LogP contribution is -2.61. The van der Waals surface area contributed by atoms with Gasteiger partial charge in [0.2, 0.25) is 0 Å². The van der Waals surface area contributed by atoms with Gasteiger partial charge in [-0.3, -0.25) is 0 Å². The third-order valence-electron chi connectivity index (χ3n) is 18.7. The highest BCUT2D eigenvalue weighted by Crippen LogP contribution is 2.64. The highest BCUT2D eigenvalue weighted by atomic mass is 15.3. The molecule has 0 saturated carbocycles. The van der Waals surface area contributed by atoms with Crippen LogP contribution >= 0.6 is 0 Å². The summed E-state index contributed by atoms with van der Waals surface area (Å²) in [6.45, 7) is 12.1. The molecule has 2 aliphatic carbocycles. The smallest absolute Gasteiger partial charge is 0.252 e. The van der Waals surface area contributed by atoms with Crippen molar-refractivity contribution in [3.63, 3.8) is 0 Å². The second kappa shape index (κ2) is 17.1. The maximum atomic E-state index is 2.78. The van der Waals surface area contributed by atoms with Gasteiger partial charge in [-0.15, -0.1) is 0 Å². The molecule has 3 nitrogen and oxygen atoms in total. The molecular weight excluding hydrogens is 930 g/mol. The van der Waals surface area contributed by atoms with Crippen molar-refractivity contribution in [2.24, 2.45) is 0 Å². The first-order chi connectivity index (χ1) is 37.6. The number of rotatable bonds is 6. The molecule has 4 heteroatoms. The normalized spacial score (nSPS) is 18.5. The third-order valence-corrected chi connectivity index (χ3v) is 18.7. The Kier molecular flexibility index (Phi) is 10.2. The van der Waals surface area contributed by atoms with E-state index in [1.807, 2.05) is 0 Å². The molecule has 0 aromatic heterocycles. The number of anilines is 8. The molecule has 3 heterocycles. The summed E-state index contributed by atoms with van der Waals surface area (Å²) in [5.74, 6) is 0. The van der Waals surface area contributed by atoms with Crippen molar-refractivity contribution in [2.75, 3.05) is 14.7 Å². The van der Waals surface area contributed by atoms with Gasteiger partial charge in [0.15, 0.2) is 0 Å². The van der Waals surface area contributed by atoms with Gasteiger partial charge in [0.05, 0.1) is 11.2 Å². The maximum Gasteiger partial charge on any atom is 0.252 e. The molecule has 0 fully saturated rings. The van der Waals surface area contributed by atoms with Crippen molar-refractivity contribution in [3.8, 4) is 33.4 Å². The first-order valence-corrected chi connectivity index (χ1v) is 28.0. The molecule has 2 atom stereocenters. The first kappa shape index (κ1) is 46.0. The van der Waals surface area contributed by atoms with Crippen molar-refractivity contribution in [3.05, 3.63) is 258 Å². The fraction of sp³-hybridized carbons (Fsp3) is 0.178. The van der Waals surface area contributed by atoms with E-state index in [0.717, 1.165) is 31.4 Å². The van der Waals surface area contributed by atoms with E-state index >= 15 is 0 Å². The first-order valence-electron chi connectivity index (χ1n) is 28.0. The zero-order chi connectivity index (χ0) is 51.8. The summed E-state index contributed by atoms with van der Waals surface area (Å²) in [6.07, 6.45) is 5.49. The van der Waals surface area contributed by atoms with E-state index in [1.165, 1.54) is 129 Å². The quantitative estimate of drug-likeness (QED) is 0.154. The monoisotopic (exact) mass is 992 g/mol. The average Bonchev–Trinajstić information content (AvgIpc) is 4.18. The van der Waals surface area contributed by atoms with Crippen LogP contribution in [0, 0.1) is 0 Å². The van der Waals surface area contributed by atoms with Crippen LogP contribution in [0.15, 0.2) is 224 Å². The van der Waals surface area contributed by atoms with E-state index < -0.39 is 5.54 Å². The van der Waals surface area contributed by atoms with Crippen LogP contribution in [0.2, 0.25) is 0 Å². The minimum atomic E-state index is -0.404. The van der Waals surface area contributed by atoms with Gasteiger partial charge in [-0.25, -0.2) is 0 Å². The Hall–Kier alpha value is -8.34. The van der Waals surface area contributed by atoms with E-state index in [1.54, 1.807) is 0 Å². The predicted molar refractivity (Wildman–Crippen MR) is 326 cm³/mol. The van der Waals surface area contributed by atoms with Crippen molar-refractivity contribution < 1.29 is 0 Å². The zero-order valence-corrected chi connectivity index (χ0v) is 44.8. The molecule has 0 amide bonds. The van der Waals surface area contributed by atoms with E-state index in [9.17, 15) is 0 Å². The lowest BCUT2D eigenvalue weighted by molar-refractivity contribution is 0.245. The SMILES string of the molecule is CC(C)(C)c1ccc(N2c3cc4c(cc3B3c5ccc(-c6ccccc6)cc5N(c5cccc(-c6ccccc6)c5)c5cc(N6c7ccccc7C7(C)CCc8ccccc8C67C)cc2c53)CCC4)c(-c2ccccc2)c1. The highest BCUT2D eigenvalue weighted by molar-refractivity contribution is 7.00. The summed E-state index contributed by atoms with van der Waals surface area (Å²) in [5, 5.41) is 0. The van der Waals surface area contributed by atoms with Crippen LogP contribution in [-0.4, -0.2) is 6.71 Å². The van der Waals surface area contributed by atoms with Crippen LogP contribution in [0.4, 0.5) is 45.5 Å². The summed E-state index contributed by atoms with van der Waals surface area (Å²) >= 11 is 0. The Labute approximate surface area is 455 Å². The number of hydrogen-bond acceptors (Lipinski definition) is 3. The van der Waals surface area contributed by atoms with Crippen LogP contribution in [0.5, 0.6) is 0 Å². The summed E-state index contributed by atoms with van der Waals surface area (Å²) in [5.41, 5.74) is 29.1. The fourth-order valence-corrected chi connectivity index (χ4v) is 14.7. The molecule has 15 rings (SSSR count). The van der Waals surface area contributed by atoms with Gasteiger partial charge < -0.3 is 14.7 Å². The standard InChI is InChI=1S/C73H62BN3/c1-71(2,3)56-36-38-64(59(45-56)50-25-13-8-14-26-50)76-67-43-54-29-19-28-53(54)42-63(67)74-62-37-35-55(49-23-11-7-12-24-49)44-66(62)75(57-31-20-30-52(41-57)48-21-9-6-10-22-48)68-46-58(47-69(76)70(68)74)77-65-34-18-17-33-61(65)72(4)40-39-51-27-15-16-32-60(51)73(72,77)5/h6-18,20-27,30-38,41-47H,19,28-29,39-40H2,1-5H3. The van der Waals surface area contributed by atoms with Crippen LogP contribution in [-0.2, 0) is 35.6 Å². The number of nitrogens with zero attached hydrogens (tertiary/aromatic N) is 3. The van der Waals surface area contributed by atoms with Gasteiger partial charge in [-0.1, -0.05) is 198 Å². The summed E-state index contributed by atoms with van der Waals surface area (Å²) in [7, 11) is 0. The van der Waals surface area contributed by atoms with Gasteiger partial charge in [-0.05, 0) is 177 Å². The molecule has 0 bridgehead atoms. The topological polar surface area (TPSA) is 9.72 Å². The number of para-hydroxylation sites is 1. The van der Waals surface area contributed by atoms with Crippen molar-refractivity contribution in [1.29, 1.82) is 0 Å². The third kappa shape index (κ3) is 6.83. The fourth-order valence-electron chi connectivity index (χ4n) is 14.7. The molecule has 0 N–H and O–H groups in total. The second-order valence-electron chi connectivity index (χ2n) is 23.9. The predicted octanol–water partition coefficient (Wildman–Crippen LogP) is 16.8. The van der Waals surface area contributed by atoms with E-state index in [0.29, 0.717) is 0 Å². The number of aryl methyl sites for hydroxylation is 3. The van der Waals surface area contributed by atoms with Gasteiger partial charge in [0, 0.05) is 50.8 Å². The van der Waals surface area contributed by atoms with Gasteiger partial charge in [-0.2, -0.15) is 0 Å². The molecule has 77 heavy (non-hydrogen) atoms. The van der Waals surface area contributed by atoms with E-state index in [2.05, 4.69) is 274 Å². The van der Waals surface area contributed by atoms with Crippen LogP contribution in [0.1, 0.15) is 80.8 Å². The highest BCUT2D eigenvalue weighted by Gasteiger charge is 2.60. The number of benzene rings is 10. The van der Waals surface area contributed by atoms with Crippen molar-refractivity contribution in [2.45, 2.75) is 83.1 Å². The molecule has 10 aromatic carbocycles. The molecule has 0 radical (unpaired) electrons. The lowest BCUT2D eigenvalue weighted by atomic mass is 9.33. The molecule has 3 aliphatic heterocycles. The van der Waals surface area contributed by atoms with Crippen molar-refractivity contribution in [1.82, 2.24) is 0 Å². The van der Waals surface area contributed by atoms with Crippen LogP contribution in [0.25, 0.3) is 33.4 Å². The Morgan fingerprint density at radius 2 is 1.01 bits per heavy atom. The van der Waals surface area contributed by atoms with Crippen LogP contribution < -0.4 is 31.1 Å². The van der Waals surface area contributed by atoms with E-state index in [4.69, 9.17) is 0 Å². The van der Waals surface area contributed by atoms with Gasteiger partial charge in [0.1, 0.15) is 0 Å². The second-order valence-corrected chi connectivity index (χ2v) is 23.9. The molecule has 0 spiro atoms. The van der Waals surface area contributed by atoms with E-state index in [-0.39, 0.29) is 17.5 Å². The Balaban J connectivity index is 1.09. The number of fused-ring (bicyclic) bond motifs is 10. The zero-order valence-electron chi connectivity index (χ0n) is 44.8. The minimum Gasteiger partial charge on any atom is -0.330 e. The Morgan fingerprint density at radius 3 is 1.74 bits per heavy atom. The summed E-state index contributed by atoms with van der Waals surface area (Å²) in [6, 6.07) is 86.1. The molecule has 2 unspecified atom stereocenters. The number of hydrogen-bond donors (Lipinski definition) is 0. The molecule has 10 aromatic rings. The molecule has 5 aliphatic rings. The van der Waals surface area contributed by atoms with Gasteiger partial charge in [0.25, 0.3) is 6.71 Å².